The number of hydrogen-bond acceptors (Lipinski definition) is 4. The van der Waals surface area contributed by atoms with Gasteiger partial charge in [0.15, 0.2) is 0 Å². The van der Waals surface area contributed by atoms with Crippen molar-refractivity contribution in [3.05, 3.63) is 53.6 Å². The van der Waals surface area contributed by atoms with E-state index in [2.05, 4.69) is 10.6 Å². The molecule has 0 aliphatic carbocycles. The van der Waals surface area contributed by atoms with Crippen LogP contribution in [0.25, 0.3) is 0 Å². The highest BCUT2D eigenvalue weighted by Gasteiger charge is 2.19. The molecule has 2 aromatic rings. The third-order valence-electron chi connectivity index (χ3n) is 4.39. The van der Waals surface area contributed by atoms with E-state index in [1.165, 1.54) is 7.11 Å². The maximum absolute atomic E-state index is 12.5. The summed E-state index contributed by atoms with van der Waals surface area (Å²) >= 11 is 0. The van der Waals surface area contributed by atoms with Gasteiger partial charge in [-0.15, -0.1) is 0 Å². The molecule has 0 radical (unpaired) electrons. The number of rotatable bonds is 7. The van der Waals surface area contributed by atoms with Gasteiger partial charge in [0.1, 0.15) is 11.5 Å². The molecule has 0 saturated heterocycles. The number of anilines is 1. The van der Waals surface area contributed by atoms with Gasteiger partial charge in [-0.2, -0.15) is 0 Å². The molecule has 0 heterocycles. The standard InChI is InChI=1S/C21H26N2O4/c1-6-21(2,3)23-19(24)14-7-9-15(10-8-14)22-20(25)17-12-11-16(26-4)13-18(17)27-5/h7-13H,6H2,1-5H3,(H,22,25)(H,23,24). The van der Waals surface area contributed by atoms with Crippen LogP contribution in [0.1, 0.15) is 47.9 Å². The first-order chi connectivity index (χ1) is 12.8. The predicted octanol–water partition coefficient (Wildman–Crippen LogP) is 3.87. The minimum atomic E-state index is -0.307. The maximum atomic E-state index is 12.5. The van der Waals surface area contributed by atoms with Gasteiger partial charge in [0, 0.05) is 22.9 Å². The number of methoxy groups -OCH3 is 2. The zero-order valence-electron chi connectivity index (χ0n) is 16.4. The van der Waals surface area contributed by atoms with Crippen molar-refractivity contribution in [3.63, 3.8) is 0 Å². The van der Waals surface area contributed by atoms with Crippen LogP contribution in [0.5, 0.6) is 11.5 Å². The lowest BCUT2D eigenvalue weighted by molar-refractivity contribution is 0.0910. The molecule has 27 heavy (non-hydrogen) atoms. The molecule has 0 saturated carbocycles. The fourth-order valence-electron chi connectivity index (χ4n) is 2.36. The van der Waals surface area contributed by atoms with Gasteiger partial charge in [0.25, 0.3) is 11.8 Å². The van der Waals surface area contributed by atoms with Gasteiger partial charge in [-0.3, -0.25) is 9.59 Å². The maximum Gasteiger partial charge on any atom is 0.259 e. The van der Waals surface area contributed by atoms with E-state index < -0.39 is 0 Å². The quantitative estimate of drug-likeness (QED) is 0.776. The summed E-state index contributed by atoms with van der Waals surface area (Å²) in [4.78, 5) is 24.8. The zero-order valence-corrected chi connectivity index (χ0v) is 16.4. The fourth-order valence-corrected chi connectivity index (χ4v) is 2.36. The second kappa shape index (κ2) is 8.58. The second-order valence-corrected chi connectivity index (χ2v) is 6.79. The van der Waals surface area contributed by atoms with E-state index in [1.54, 1.807) is 49.6 Å². The third kappa shape index (κ3) is 5.23. The van der Waals surface area contributed by atoms with E-state index >= 15 is 0 Å². The van der Waals surface area contributed by atoms with Gasteiger partial charge in [0.2, 0.25) is 0 Å². The van der Waals surface area contributed by atoms with Crippen molar-refractivity contribution in [1.29, 1.82) is 0 Å². The van der Waals surface area contributed by atoms with Crippen molar-refractivity contribution in [2.24, 2.45) is 0 Å². The number of benzene rings is 2. The van der Waals surface area contributed by atoms with Crippen molar-refractivity contribution < 1.29 is 19.1 Å². The first-order valence-corrected chi connectivity index (χ1v) is 8.75. The SMILES string of the molecule is CCC(C)(C)NC(=O)c1ccc(NC(=O)c2ccc(OC)cc2OC)cc1. The molecule has 2 rings (SSSR count). The molecule has 2 aromatic carbocycles. The van der Waals surface area contributed by atoms with E-state index in [0.717, 1.165) is 6.42 Å². The molecule has 0 bridgehead atoms. The van der Waals surface area contributed by atoms with E-state index in [4.69, 9.17) is 9.47 Å². The molecule has 0 aromatic heterocycles. The largest absolute Gasteiger partial charge is 0.497 e. The summed E-state index contributed by atoms with van der Waals surface area (Å²) in [6.07, 6.45) is 0.830. The van der Waals surface area contributed by atoms with Crippen LogP contribution in [0.15, 0.2) is 42.5 Å². The summed E-state index contributed by atoms with van der Waals surface area (Å²) < 4.78 is 10.4. The van der Waals surface area contributed by atoms with Crippen molar-refractivity contribution in [2.45, 2.75) is 32.7 Å². The first kappa shape index (κ1) is 20.3. The highest BCUT2D eigenvalue weighted by atomic mass is 16.5. The van der Waals surface area contributed by atoms with Crippen LogP contribution in [0.3, 0.4) is 0 Å². The van der Waals surface area contributed by atoms with E-state index in [9.17, 15) is 9.59 Å². The van der Waals surface area contributed by atoms with Gasteiger partial charge < -0.3 is 20.1 Å². The Hall–Kier alpha value is -3.02. The van der Waals surface area contributed by atoms with Crippen LogP contribution in [-0.2, 0) is 0 Å². The van der Waals surface area contributed by atoms with Gasteiger partial charge in [-0.05, 0) is 56.7 Å². The molecule has 0 aliphatic heterocycles. The van der Waals surface area contributed by atoms with Gasteiger partial charge >= 0.3 is 0 Å². The Morgan fingerprint density at radius 1 is 0.963 bits per heavy atom. The molecule has 0 aliphatic rings. The number of ether oxygens (including phenoxy) is 2. The molecule has 6 heteroatoms. The minimum Gasteiger partial charge on any atom is -0.497 e. The number of amides is 2. The fraction of sp³-hybridized carbons (Fsp3) is 0.333. The second-order valence-electron chi connectivity index (χ2n) is 6.79. The molecule has 6 nitrogen and oxygen atoms in total. The third-order valence-corrected chi connectivity index (χ3v) is 4.39. The van der Waals surface area contributed by atoms with E-state index in [1.807, 2.05) is 20.8 Å². The molecule has 2 amide bonds. The van der Waals surface area contributed by atoms with Crippen molar-refractivity contribution >= 4 is 17.5 Å². The topological polar surface area (TPSA) is 76.7 Å². The first-order valence-electron chi connectivity index (χ1n) is 8.75. The molecule has 2 N–H and O–H groups in total. The Bertz CT molecular complexity index is 813. The minimum absolute atomic E-state index is 0.142. The summed E-state index contributed by atoms with van der Waals surface area (Å²) in [6.45, 7) is 5.97. The Morgan fingerprint density at radius 2 is 1.63 bits per heavy atom. The lowest BCUT2D eigenvalue weighted by Crippen LogP contribution is -2.42. The number of carbonyl (C=O) groups is 2. The lowest BCUT2D eigenvalue weighted by Gasteiger charge is -2.24. The predicted molar refractivity (Wildman–Crippen MR) is 106 cm³/mol. The van der Waals surface area contributed by atoms with E-state index in [-0.39, 0.29) is 17.4 Å². The highest BCUT2D eigenvalue weighted by molar-refractivity contribution is 6.06. The van der Waals surface area contributed by atoms with Gasteiger partial charge in [-0.1, -0.05) is 6.92 Å². The van der Waals surface area contributed by atoms with Crippen LogP contribution in [0.2, 0.25) is 0 Å². The number of nitrogens with one attached hydrogen (secondary N) is 2. The highest BCUT2D eigenvalue weighted by Crippen LogP contribution is 2.25. The van der Waals surface area contributed by atoms with Gasteiger partial charge in [-0.25, -0.2) is 0 Å². The normalized spacial score (nSPS) is 10.9. The molecular weight excluding hydrogens is 344 g/mol. The molecule has 144 valence electrons. The van der Waals surface area contributed by atoms with Crippen LogP contribution in [-0.4, -0.2) is 31.6 Å². The summed E-state index contributed by atoms with van der Waals surface area (Å²) in [5, 5.41) is 5.78. The van der Waals surface area contributed by atoms with Crippen LogP contribution < -0.4 is 20.1 Å². The molecule has 0 atom stereocenters. The molecular formula is C21H26N2O4. The summed E-state index contributed by atoms with van der Waals surface area (Å²) in [5.41, 5.74) is 1.25. The zero-order chi connectivity index (χ0) is 20.0. The summed E-state index contributed by atoms with van der Waals surface area (Å²) in [5.74, 6) is 0.578. The molecule has 0 fully saturated rings. The number of carbonyl (C=O) groups excluding carboxylic acids is 2. The Balaban J connectivity index is 2.10. The monoisotopic (exact) mass is 370 g/mol. The van der Waals surface area contributed by atoms with Crippen LogP contribution in [0, 0.1) is 0 Å². The smallest absolute Gasteiger partial charge is 0.259 e. The van der Waals surface area contributed by atoms with Crippen molar-refractivity contribution in [3.8, 4) is 11.5 Å². The Morgan fingerprint density at radius 3 is 2.19 bits per heavy atom. The van der Waals surface area contributed by atoms with E-state index in [0.29, 0.717) is 28.3 Å². The molecule has 0 spiro atoms. The molecule has 0 unspecified atom stereocenters. The average Bonchev–Trinajstić information content (AvgIpc) is 2.67. The Labute approximate surface area is 159 Å². The number of hydrogen-bond donors (Lipinski definition) is 2. The van der Waals surface area contributed by atoms with Crippen LogP contribution in [0.4, 0.5) is 5.69 Å². The van der Waals surface area contributed by atoms with Crippen molar-refractivity contribution in [1.82, 2.24) is 5.32 Å². The Kier molecular flexibility index (Phi) is 6.45. The van der Waals surface area contributed by atoms with Gasteiger partial charge in [0.05, 0.1) is 19.8 Å². The average molecular weight is 370 g/mol. The summed E-state index contributed by atoms with van der Waals surface area (Å²) in [7, 11) is 3.05. The van der Waals surface area contributed by atoms with Crippen molar-refractivity contribution in [2.75, 3.05) is 19.5 Å². The van der Waals surface area contributed by atoms with Crippen LogP contribution >= 0.6 is 0 Å². The summed E-state index contributed by atoms with van der Waals surface area (Å²) in [6, 6.07) is 11.7. The lowest BCUT2D eigenvalue weighted by atomic mass is 10.0.